The number of unbranched alkanes of at least 4 members (excludes halogenated alkanes) is 23. The highest BCUT2D eigenvalue weighted by molar-refractivity contribution is 5.69. The Labute approximate surface area is 237 Å². The van der Waals surface area contributed by atoms with Crippen molar-refractivity contribution >= 4 is 11.9 Å². The van der Waals surface area contributed by atoms with Gasteiger partial charge >= 0.3 is 11.9 Å². The summed E-state index contributed by atoms with van der Waals surface area (Å²) in [6.45, 7) is 4.33. The molecule has 0 aromatic rings. The van der Waals surface area contributed by atoms with Crippen molar-refractivity contribution in [1.82, 2.24) is 0 Å². The molecule has 0 bridgehead atoms. The minimum atomic E-state index is -0.0827. The lowest BCUT2D eigenvalue weighted by Crippen LogP contribution is -2.14. The van der Waals surface area contributed by atoms with E-state index in [1.165, 1.54) is 142 Å². The Morgan fingerprint density at radius 1 is 0.474 bits per heavy atom. The highest BCUT2D eigenvalue weighted by atomic mass is 16.5. The lowest BCUT2D eigenvalue weighted by Gasteiger charge is -2.13. The Morgan fingerprint density at radius 3 is 1.16 bits per heavy atom. The monoisotopic (exact) mass is 538 g/mol. The molecule has 0 radical (unpaired) electrons. The van der Waals surface area contributed by atoms with E-state index in [1.54, 1.807) is 0 Å². The molecule has 0 aromatic carbocycles. The Balaban J connectivity index is 3.29. The Bertz CT molecular complexity index is 505. The van der Waals surface area contributed by atoms with Crippen molar-refractivity contribution in [3.05, 3.63) is 0 Å². The zero-order chi connectivity index (χ0) is 27.9. The molecule has 0 aliphatic rings. The summed E-state index contributed by atoms with van der Waals surface area (Å²) in [5.41, 5.74) is 0. The summed E-state index contributed by atoms with van der Waals surface area (Å²) in [6, 6.07) is 0. The Kier molecular flexibility index (Phi) is 29.6. The smallest absolute Gasteiger partial charge is 0.306 e. The third kappa shape index (κ3) is 29.5. The van der Waals surface area contributed by atoms with Crippen LogP contribution in [-0.2, 0) is 19.1 Å². The maximum Gasteiger partial charge on any atom is 0.306 e. The molecule has 0 fully saturated rings. The molecule has 1 atom stereocenters. The third-order valence-corrected chi connectivity index (χ3v) is 7.79. The first kappa shape index (κ1) is 36.9. The summed E-state index contributed by atoms with van der Waals surface area (Å²) in [6.07, 6.45) is 34.5. The van der Waals surface area contributed by atoms with E-state index in [2.05, 4.69) is 18.6 Å². The van der Waals surface area contributed by atoms with Crippen LogP contribution in [0.5, 0.6) is 0 Å². The standard InChI is InChI=1S/C34H66O4/c1-4-5-6-7-8-9-10-11-16-19-22-25-28-31-34(36)38-32(2)29-26-23-20-17-14-12-13-15-18-21-24-27-30-33(35)37-3/h32H,4-31H2,1-3H3. The van der Waals surface area contributed by atoms with Crippen LogP contribution in [0.15, 0.2) is 0 Å². The number of carbonyl (C=O) groups excluding carboxylic acids is 2. The number of ether oxygens (including phenoxy) is 2. The molecule has 0 aliphatic carbocycles. The van der Waals surface area contributed by atoms with Gasteiger partial charge in [-0.3, -0.25) is 9.59 Å². The molecule has 0 rings (SSSR count). The van der Waals surface area contributed by atoms with Crippen LogP contribution < -0.4 is 0 Å². The van der Waals surface area contributed by atoms with Gasteiger partial charge in [-0.15, -0.1) is 0 Å². The first-order valence-corrected chi connectivity index (χ1v) is 16.9. The molecular formula is C34H66O4. The van der Waals surface area contributed by atoms with Gasteiger partial charge in [0.2, 0.25) is 0 Å². The molecule has 0 N–H and O–H groups in total. The van der Waals surface area contributed by atoms with E-state index in [0.29, 0.717) is 12.8 Å². The maximum atomic E-state index is 12.1. The van der Waals surface area contributed by atoms with Gasteiger partial charge in [0, 0.05) is 12.8 Å². The zero-order valence-electron chi connectivity index (χ0n) is 26.0. The Hall–Kier alpha value is -1.06. The molecule has 4 heteroatoms. The van der Waals surface area contributed by atoms with Crippen LogP contribution in [0.25, 0.3) is 0 Å². The van der Waals surface area contributed by atoms with E-state index in [-0.39, 0.29) is 18.0 Å². The highest BCUT2D eigenvalue weighted by Gasteiger charge is 2.09. The van der Waals surface area contributed by atoms with Gasteiger partial charge in [-0.05, 0) is 32.6 Å². The lowest BCUT2D eigenvalue weighted by atomic mass is 10.0. The maximum absolute atomic E-state index is 12.1. The third-order valence-electron chi connectivity index (χ3n) is 7.79. The molecule has 0 heterocycles. The lowest BCUT2D eigenvalue weighted by molar-refractivity contribution is -0.148. The SMILES string of the molecule is CCCCCCCCCCCCCCCC(=O)OC(C)CCCCCCCCCCCCCCC(=O)OC. The van der Waals surface area contributed by atoms with Crippen molar-refractivity contribution in [2.24, 2.45) is 0 Å². The summed E-state index contributed by atoms with van der Waals surface area (Å²) in [5, 5.41) is 0. The first-order valence-electron chi connectivity index (χ1n) is 16.9. The van der Waals surface area contributed by atoms with Gasteiger partial charge in [0.05, 0.1) is 13.2 Å². The van der Waals surface area contributed by atoms with Crippen LogP contribution in [0.2, 0.25) is 0 Å². The quantitative estimate of drug-likeness (QED) is 0.0674. The molecule has 0 aliphatic heterocycles. The number of methoxy groups -OCH3 is 1. The van der Waals surface area contributed by atoms with E-state index >= 15 is 0 Å². The van der Waals surface area contributed by atoms with Crippen LogP contribution >= 0.6 is 0 Å². The fourth-order valence-electron chi connectivity index (χ4n) is 5.20. The molecule has 0 amide bonds. The number of hydrogen-bond donors (Lipinski definition) is 0. The van der Waals surface area contributed by atoms with Crippen LogP contribution in [0, 0.1) is 0 Å². The van der Waals surface area contributed by atoms with Gasteiger partial charge < -0.3 is 9.47 Å². The van der Waals surface area contributed by atoms with Gasteiger partial charge in [0.25, 0.3) is 0 Å². The summed E-state index contributed by atoms with van der Waals surface area (Å²) in [5.74, 6) is -0.0790. The second-order valence-electron chi connectivity index (χ2n) is 11.7. The molecule has 226 valence electrons. The first-order chi connectivity index (χ1) is 18.6. The van der Waals surface area contributed by atoms with Gasteiger partial charge in [0.15, 0.2) is 0 Å². The molecule has 1 unspecified atom stereocenters. The number of hydrogen-bond acceptors (Lipinski definition) is 4. The van der Waals surface area contributed by atoms with Crippen LogP contribution in [0.1, 0.15) is 194 Å². The van der Waals surface area contributed by atoms with E-state index in [0.717, 1.165) is 32.1 Å². The van der Waals surface area contributed by atoms with Gasteiger partial charge in [-0.1, -0.05) is 148 Å². The second-order valence-corrected chi connectivity index (χ2v) is 11.7. The molecule has 4 nitrogen and oxygen atoms in total. The molecule has 0 saturated heterocycles. The minimum absolute atomic E-state index is 0.00374. The van der Waals surface area contributed by atoms with E-state index < -0.39 is 0 Å². The van der Waals surface area contributed by atoms with E-state index in [9.17, 15) is 9.59 Å². The summed E-state index contributed by atoms with van der Waals surface area (Å²) >= 11 is 0. The van der Waals surface area contributed by atoms with Crippen LogP contribution in [0.4, 0.5) is 0 Å². The van der Waals surface area contributed by atoms with Gasteiger partial charge in [-0.2, -0.15) is 0 Å². The molecule has 0 aromatic heterocycles. The normalized spacial score (nSPS) is 12.0. The summed E-state index contributed by atoms with van der Waals surface area (Å²) < 4.78 is 10.3. The topological polar surface area (TPSA) is 52.6 Å². The van der Waals surface area contributed by atoms with Crippen molar-refractivity contribution in [2.75, 3.05) is 7.11 Å². The minimum Gasteiger partial charge on any atom is -0.469 e. The zero-order valence-corrected chi connectivity index (χ0v) is 26.0. The average Bonchev–Trinajstić information content (AvgIpc) is 2.91. The van der Waals surface area contributed by atoms with Gasteiger partial charge in [-0.25, -0.2) is 0 Å². The predicted molar refractivity (Wildman–Crippen MR) is 163 cm³/mol. The van der Waals surface area contributed by atoms with Crippen molar-refractivity contribution in [3.63, 3.8) is 0 Å². The summed E-state index contributed by atoms with van der Waals surface area (Å²) in [4.78, 5) is 23.1. The number of carbonyl (C=O) groups is 2. The average molecular weight is 539 g/mol. The molecule has 0 saturated carbocycles. The number of esters is 2. The van der Waals surface area contributed by atoms with Crippen molar-refractivity contribution in [3.8, 4) is 0 Å². The van der Waals surface area contributed by atoms with Crippen molar-refractivity contribution < 1.29 is 19.1 Å². The van der Waals surface area contributed by atoms with Crippen LogP contribution in [0.3, 0.4) is 0 Å². The second kappa shape index (κ2) is 30.5. The highest BCUT2D eigenvalue weighted by Crippen LogP contribution is 2.16. The van der Waals surface area contributed by atoms with Crippen molar-refractivity contribution in [1.29, 1.82) is 0 Å². The largest absolute Gasteiger partial charge is 0.469 e. The van der Waals surface area contributed by atoms with E-state index in [4.69, 9.17) is 4.74 Å². The fraction of sp³-hybridized carbons (Fsp3) is 0.941. The molecule has 0 spiro atoms. The van der Waals surface area contributed by atoms with Crippen LogP contribution in [-0.4, -0.2) is 25.2 Å². The van der Waals surface area contributed by atoms with Gasteiger partial charge in [0.1, 0.15) is 0 Å². The molecular weight excluding hydrogens is 472 g/mol. The Morgan fingerprint density at radius 2 is 0.789 bits per heavy atom. The summed E-state index contributed by atoms with van der Waals surface area (Å²) in [7, 11) is 1.46. The molecule has 38 heavy (non-hydrogen) atoms. The fourth-order valence-corrected chi connectivity index (χ4v) is 5.20. The van der Waals surface area contributed by atoms with E-state index in [1.807, 2.05) is 0 Å². The number of rotatable bonds is 30. The predicted octanol–water partition coefficient (Wildman–Crippen LogP) is 11.0. The van der Waals surface area contributed by atoms with Crippen molar-refractivity contribution in [2.45, 2.75) is 200 Å².